The molecule has 0 unspecified atom stereocenters. The molecule has 0 spiro atoms. The third-order valence-corrected chi connectivity index (χ3v) is 26.7. The van der Waals surface area contributed by atoms with Gasteiger partial charge in [-0.1, -0.05) is 381 Å². The zero-order valence-electron chi connectivity index (χ0n) is 94.4. The molecule has 1 amide bonds. The molecule has 17 nitrogen and oxygen atoms in total. The molecule has 0 atom stereocenters. The van der Waals surface area contributed by atoms with Gasteiger partial charge < -0.3 is 28.5 Å². The van der Waals surface area contributed by atoms with E-state index in [2.05, 4.69) is 492 Å². The van der Waals surface area contributed by atoms with Gasteiger partial charge in [-0.3, -0.25) is 9.89 Å². The third kappa shape index (κ3) is 37.3. The van der Waals surface area contributed by atoms with E-state index in [1.165, 1.54) is 102 Å². The highest BCUT2D eigenvalue weighted by molar-refractivity contribution is 5.94. The number of nitrogens with one attached hydrogen (secondary N) is 1. The molecule has 16 aromatic rings. The Hall–Kier alpha value is -13.2. The van der Waals surface area contributed by atoms with Crippen molar-refractivity contribution in [1.29, 1.82) is 0 Å². The van der Waals surface area contributed by atoms with Crippen LogP contribution in [0.25, 0.3) is 28.5 Å². The second-order valence-electron chi connectivity index (χ2n) is 48.6. The van der Waals surface area contributed by atoms with Crippen LogP contribution in [0.3, 0.4) is 0 Å². The fraction of sp³-hybridized carbons (Fsp3) is 0.400. The van der Waals surface area contributed by atoms with E-state index in [1.807, 2.05) is 88.1 Å². The van der Waals surface area contributed by atoms with Crippen LogP contribution in [0.4, 0.5) is 0 Å². The van der Waals surface area contributed by atoms with Crippen LogP contribution in [0.15, 0.2) is 329 Å². The molecule has 0 radical (unpaired) electrons. The lowest BCUT2D eigenvalue weighted by molar-refractivity contribution is -0.898. The van der Waals surface area contributed by atoms with Crippen LogP contribution in [0.1, 0.15) is 325 Å². The van der Waals surface area contributed by atoms with Gasteiger partial charge in [0.2, 0.25) is 0 Å². The molecule has 0 aliphatic carbocycles. The number of aromatic amines is 1. The number of likely N-dealkylation sites (tertiary alicyclic amines) is 2. The first kappa shape index (κ1) is 116. The number of H-pyrrole nitrogens is 1. The zero-order valence-corrected chi connectivity index (χ0v) is 94.4. The fourth-order valence-corrected chi connectivity index (χ4v) is 16.9. The molecule has 17 heteroatoms. The molecule has 18 rings (SSSR count). The summed E-state index contributed by atoms with van der Waals surface area (Å²) in [5, 5.41) is 27.5. The van der Waals surface area contributed by atoms with Gasteiger partial charge in [-0.25, -0.2) is 29.3 Å². The Labute approximate surface area is 882 Å². The van der Waals surface area contributed by atoms with Crippen LogP contribution in [-0.4, -0.2) is 105 Å². The topological polar surface area (TPSA) is 174 Å². The minimum absolute atomic E-state index is 0.0190. The minimum atomic E-state index is -0.0190. The molecule has 8 heterocycles. The van der Waals surface area contributed by atoms with Crippen molar-refractivity contribution >= 4 is 5.91 Å². The molecule has 10 aromatic carbocycles. The van der Waals surface area contributed by atoms with Gasteiger partial charge in [0.25, 0.3) is 5.91 Å². The first-order valence-electron chi connectivity index (χ1n) is 52.7. The SMILES string of the molecule is CC(C)(C)c1ccc(-n2cccn2)cc1.CC(C)(C)c1ccc(C(=O)N2CCCC2)cc1.CC(C)(C)c1ccc(C[N+]2([O-])CCCCC2)cc1.CC(C)(C)c1ccc(Cc2ccccc2)cc1.CC(C)(C)c1ccc(Cn2cncn2)cc1.CC(C)(C)c1cccc(-c2ncn[nH]2)c1.Cc1cccn1Cc1ccc(C(C)(C)C)cc1.Cc1cn(-c2ccc(C(C)(C)C)cc2)cn1.Cc1nccn1-c1ccc(C(C)(C)C)cc1. The number of benzene rings is 10. The van der Waals surface area contributed by atoms with Crippen molar-refractivity contribution in [2.75, 3.05) is 26.2 Å². The molecule has 0 saturated carbocycles. The van der Waals surface area contributed by atoms with Crippen LogP contribution in [0.5, 0.6) is 0 Å². The van der Waals surface area contributed by atoms with E-state index in [1.54, 1.807) is 18.9 Å². The first-order valence-corrected chi connectivity index (χ1v) is 52.7. The molecular weight excluding hydrogens is 1800 g/mol. The van der Waals surface area contributed by atoms with Gasteiger partial charge in [-0.15, -0.1) is 0 Å². The van der Waals surface area contributed by atoms with Crippen molar-refractivity contribution in [1.82, 2.24) is 68.3 Å². The van der Waals surface area contributed by atoms with E-state index in [4.69, 9.17) is 0 Å². The molecule has 0 bridgehead atoms. The van der Waals surface area contributed by atoms with Crippen LogP contribution >= 0.6 is 0 Å². The molecule has 2 aliphatic rings. The number of piperidine rings is 1. The Morgan fingerprint density at radius 2 is 0.803 bits per heavy atom. The van der Waals surface area contributed by atoms with Crippen LogP contribution in [0.2, 0.25) is 0 Å². The number of nitrogens with zero attached hydrogens (tertiary/aromatic N) is 14. The number of aryl methyl sites for hydroxylation is 3. The summed E-state index contributed by atoms with van der Waals surface area (Å²) < 4.78 is 10.1. The maximum atomic E-state index is 12.5. The number of hydroxylamine groups is 3. The average molecular weight is 1980 g/mol. The molecule has 6 aromatic heterocycles. The van der Waals surface area contributed by atoms with Gasteiger partial charge in [-0.05, 0) is 253 Å². The minimum Gasteiger partial charge on any atom is -0.633 e. The van der Waals surface area contributed by atoms with Gasteiger partial charge in [0.1, 0.15) is 31.4 Å². The number of hydrogen-bond acceptors (Lipinski definition) is 9. The maximum absolute atomic E-state index is 12.5. The quantitative estimate of drug-likeness (QED) is 0.0870. The van der Waals surface area contributed by atoms with E-state index < -0.39 is 0 Å². The second kappa shape index (κ2) is 51.4. The number of quaternary nitrogens is 1. The zero-order chi connectivity index (χ0) is 107. The lowest BCUT2D eigenvalue weighted by Crippen LogP contribution is -2.45. The van der Waals surface area contributed by atoms with Crippen LogP contribution in [-0.2, 0) is 74.8 Å². The number of carbonyl (C=O) groups is 1. The number of amides is 1. The fourth-order valence-electron chi connectivity index (χ4n) is 16.9. The molecular formula is C130H171N15O2. The lowest BCUT2D eigenvalue weighted by Gasteiger charge is -2.45. The monoisotopic (exact) mass is 1970 g/mol. The van der Waals surface area contributed by atoms with Crippen molar-refractivity contribution < 1.29 is 9.44 Å². The highest BCUT2D eigenvalue weighted by Crippen LogP contribution is 2.34. The first-order chi connectivity index (χ1) is 69.0. The summed E-state index contributed by atoms with van der Waals surface area (Å²) in [6.45, 7) is 71.9. The Kier molecular flexibility index (Phi) is 40.5. The van der Waals surface area contributed by atoms with Crippen molar-refractivity contribution in [3.63, 3.8) is 0 Å². The molecule has 2 saturated heterocycles. The van der Waals surface area contributed by atoms with Crippen LogP contribution in [0, 0.1) is 26.0 Å². The van der Waals surface area contributed by atoms with Crippen molar-refractivity contribution in [3.8, 4) is 28.5 Å². The molecule has 2 aliphatic heterocycles. The number of hydrogen-bond donors (Lipinski definition) is 1. The largest absolute Gasteiger partial charge is 0.633 e. The molecule has 1 N–H and O–H groups in total. The maximum Gasteiger partial charge on any atom is 0.253 e. The molecule has 147 heavy (non-hydrogen) atoms. The predicted molar refractivity (Wildman–Crippen MR) is 615 cm³/mol. The Balaban J connectivity index is 0.000000169. The molecule has 778 valence electrons. The smallest absolute Gasteiger partial charge is 0.253 e. The summed E-state index contributed by atoms with van der Waals surface area (Å²) in [4.78, 5) is 30.6. The van der Waals surface area contributed by atoms with Gasteiger partial charge in [0.15, 0.2) is 5.82 Å². The van der Waals surface area contributed by atoms with E-state index in [9.17, 15) is 10.0 Å². The predicted octanol–water partition coefficient (Wildman–Crippen LogP) is 31.4. The molecule has 2 fully saturated rings. The number of carbonyl (C=O) groups excluding carboxylic acids is 1. The lowest BCUT2D eigenvalue weighted by atomic mass is 9.86. The highest BCUT2D eigenvalue weighted by Gasteiger charge is 2.26. The van der Waals surface area contributed by atoms with Crippen LogP contribution < -0.4 is 0 Å². The number of imidazole rings is 2. The standard InChI is InChI=1S/C17H20.C16H25NO.C16H21N.C15H21NO.2C14H18N2.C13H17N3.C13H16N2.C12H15N3/c1-17(2,3)16-11-9-15(10-12-16)13-14-7-5-4-6-8-14;1-16(2,3)15-9-7-14(8-10-15)13-17(18)11-5-4-6-12-17;1-13-6-5-11-17(13)12-14-7-9-15(10-8-14)16(2,3)4;1-15(2,3)13-8-6-12(7-9-13)14(17)16-10-4-5-11-16;1-11-9-16(10-15-11)13-7-5-12(6-8-13)14(2,3)4;1-11-15-9-10-16(11)13-7-5-12(6-8-13)14(2,3)4;1-13(2,3)12-6-4-11(5-7-12)8-16-10-14-9-15-16;1-13(2,3)11-5-7-12(8-6-11)15-10-4-9-14-15;1-12(2,3)10-6-4-5-9(7-10)11-13-8-14-15-11/h4-12H,13H2,1-3H3;7-10H,4-6,11-13H2,1-3H3;5-11H,12H2,1-4H3;6-9H,4-5,10-11H2,1-3H3;2*5-10H,1-4H3;4-7,9-10H,8H2,1-3H3;4-10H,1-3H3;4-8H,1-3H3,(H,13,14,15). The van der Waals surface area contributed by atoms with Gasteiger partial charge in [0, 0.05) is 90.6 Å². The second-order valence-corrected chi connectivity index (χ2v) is 48.6. The van der Waals surface area contributed by atoms with E-state index >= 15 is 0 Å². The summed E-state index contributed by atoms with van der Waals surface area (Å²) >= 11 is 0. The van der Waals surface area contributed by atoms with Crippen molar-refractivity contribution in [2.24, 2.45) is 0 Å². The Bertz CT molecular complexity index is 6510. The van der Waals surface area contributed by atoms with Gasteiger partial charge in [0.05, 0.1) is 37.3 Å². The van der Waals surface area contributed by atoms with E-state index in [0.29, 0.717) is 6.54 Å². The summed E-state index contributed by atoms with van der Waals surface area (Å²) in [7, 11) is 0. The van der Waals surface area contributed by atoms with E-state index in [-0.39, 0.29) is 59.3 Å². The van der Waals surface area contributed by atoms with Crippen molar-refractivity contribution in [2.45, 2.75) is 315 Å². The van der Waals surface area contributed by atoms with Crippen molar-refractivity contribution in [3.05, 3.63) is 435 Å². The summed E-state index contributed by atoms with van der Waals surface area (Å²) in [6, 6.07) is 94.3. The third-order valence-electron chi connectivity index (χ3n) is 26.7. The summed E-state index contributed by atoms with van der Waals surface area (Å²) in [6.07, 6.45) is 25.1. The number of aromatic nitrogens is 13. The summed E-state index contributed by atoms with van der Waals surface area (Å²) in [5.74, 6) is 2.02. The Morgan fingerprint density at radius 3 is 1.20 bits per heavy atom. The normalized spacial score (nSPS) is 13.2. The summed E-state index contributed by atoms with van der Waals surface area (Å²) in [5.41, 5.74) is 28.2. The highest BCUT2D eigenvalue weighted by atomic mass is 16.5. The Morgan fingerprint density at radius 1 is 0.367 bits per heavy atom. The number of rotatable bonds is 13. The van der Waals surface area contributed by atoms with E-state index in [0.717, 1.165) is 111 Å². The average Bonchev–Trinajstić information content (AvgIpc) is 1.75. The van der Waals surface area contributed by atoms with Gasteiger partial charge in [-0.2, -0.15) is 15.3 Å². The van der Waals surface area contributed by atoms with Gasteiger partial charge >= 0.3 is 0 Å².